The highest BCUT2D eigenvalue weighted by Gasteiger charge is 1.89. The molecule has 3 heteroatoms. The van der Waals surface area contributed by atoms with E-state index in [1.54, 1.807) is 12.4 Å². The smallest absolute Gasteiger partial charge is 0.328 e. The third-order valence-electron chi connectivity index (χ3n) is 1.31. The first-order valence-electron chi connectivity index (χ1n) is 3.51. The number of aliphatic carboxylic acids is 1. The minimum Gasteiger partial charge on any atom is -0.478 e. The quantitative estimate of drug-likeness (QED) is 0.672. The van der Waals surface area contributed by atoms with Crippen molar-refractivity contribution in [2.75, 3.05) is 0 Å². The normalized spacial score (nSPS) is 10.4. The molecule has 3 nitrogen and oxygen atoms in total. The third-order valence-corrected chi connectivity index (χ3v) is 1.31. The lowest BCUT2D eigenvalue weighted by atomic mass is 10.2. The van der Waals surface area contributed by atoms with E-state index < -0.39 is 5.97 Å². The Kier molecular flexibility index (Phi) is 2.58. The molecule has 0 atom stereocenters. The van der Waals surface area contributed by atoms with Gasteiger partial charge >= 0.3 is 5.97 Å². The molecule has 0 aliphatic rings. The predicted octanol–water partition coefficient (Wildman–Crippen LogP) is 1.49. The highest BCUT2D eigenvalue weighted by molar-refractivity contribution is 5.85. The molecule has 1 heterocycles. The molecule has 0 radical (unpaired) electrons. The molecule has 1 rings (SSSR count). The zero-order chi connectivity index (χ0) is 8.97. The molecule has 0 aliphatic heterocycles. The maximum atomic E-state index is 10.2. The number of hydrogen-bond donors (Lipinski definition) is 1. The number of aryl methyl sites for hydroxylation is 1. The lowest BCUT2D eigenvalue weighted by Crippen LogP contribution is -1.86. The van der Waals surface area contributed by atoms with E-state index in [1.165, 1.54) is 6.08 Å². The Morgan fingerprint density at radius 2 is 2.33 bits per heavy atom. The number of rotatable bonds is 2. The van der Waals surface area contributed by atoms with Crippen LogP contribution in [0.2, 0.25) is 0 Å². The Hall–Kier alpha value is -1.64. The third kappa shape index (κ3) is 2.54. The van der Waals surface area contributed by atoms with Crippen LogP contribution in [0.5, 0.6) is 0 Å². The zero-order valence-electron chi connectivity index (χ0n) is 6.69. The second-order valence-electron chi connectivity index (χ2n) is 2.47. The second-order valence-corrected chi connectivity index (χ2v) is 2.47. The van der Waals surface area contributed by atoms with Crippen molar-refractivity contribution in [2.45, 2.75) is 6.92 Å². The van der Waals surface area contributed by atoms with Crippen LogP contribution in [0.15, 0.2) is 24.5 Å². The van der Waals surface area contributed by atoms with E-state index in [2.05, 4.69) is 4.98 Å². The number of carboxylic acids is 1. The van der Waals surface area contributed by atoms with Crippen molar-refractivity contribution in [3.05, 3.63) is 35.7 Å². The van der Waals surface area contributed by atoms with Crippen LogP contribution in [-0.2, 0) is 4.79 Å². The van der Waals surface area contributed by atoms with Gasteiger partial charge in [0.2, 0.25) is 0 Å². The predicted molar refractivity (Wildman–Crippen MR) is 45.6 cm³/mol. The van der Waals surface area contributed by atoms with Gasteiger partial charge in [-0.25, -0.2) is 4.79 Å². The largest absolute Gasteiger partial charge is 0.478 e. The van der Waals surface area contributed by atoms with Crippen LogP contribution in [0.25, 0.3) is 6.08 Å². The molecule has 1 aromatic rings. The molecule has 1 aromatic heterocycles. The van der Waals surface area contributed by atoms with Crippen molar-refractivity contribution in [3.63, 3.8) is 0 Å². The average molecular weight is 163 g/mol. The van der Waals surface area contributed by atoms with Gasteiger partial charge in [0.25, 0.3) is 0 Å². The van der Waals surface area contributed by atoms with Gasteiger partial charge in [0.05, 0.1) is 0 Å². The van der Waals surface area contributed by atoms with Crippen molar-refractivity contribution < 1.29 is 9.90 Å². The van der Waals surface area contributed by atoms with E-state index in [-0.39, 0.29) is 0 Å². The van der Waals surface area contributed by atoms with Crippen molar-refractivity contribution in [1.82, 2.24) is 4.98 Å². The van der Waals surface area contributed by atoms with E-state index in [1.807, 2.05) is 13.0 Å². The lowest BCUT2D eigenvalue weighted by molar-refractivity contribution is -0.131. The number of carboxylic acid groups (broad SMARTS) is 1. The molecule has 62 valence electrons. The van der Waals surface area contributed by atoms with E-state index in [0.29, 0.717) is 0 Å². The minimum atomic E-state index is -0.948. The number of hydrogen-bond acceptors (Lipinski definition) is 2. The molecule has 0 saturated heterocycles. The molecule has 0 amide bonds. The van der Waals surface area contributed by atoms with Crippen LogP contribution in [-0.4, -0.2) is 16.1 Å². The van der Waals surface area contributed by atoms with Crippen LogP contribution in [0.3, 0.4) is 0 Å². The Morgan fingerprint density at radius 1 is 1.58 bits per heavy atom. The zero-order valence-corrected chi connectivity index (χ0v) is 6.69. The topological polar surface area (TPSA) is 50.2 Å². The van der Waals surface area contributed by atoms with E-state index in [9.17, 15) is 4.79 Å². The maximum Gasteiger partial charge on any atom is 0.328 e. The van der Waals surface area contributed by atoms with Crippen molar-refractivity contribution in [3.8, 4) is 0 Å². The second kappa shape index (κ2) is 3.67. The van der Waals surface area contributed by atoms with Gasteiger partial charge in [0.1, 0.15) is 0 Å². The monoisotopic (exact) mass is 163 g/mol. The van der Waals surface area contributed by atoms with Crippen LogP contribution >= 0.6 is 0 Å². The number of nitrogens with zero attached hydrogens (tertiary/aromatic N) is 1. The van der Waals surface area contributed by atoms with Gasteiger partial charge in [0, 0.05) is 18.5 Å². The van der Waals surface area contributed by atoms with Gasteiger partial charge in [-0.2, -0.15) is 0 Å². The molecule has 1 N–H and O–H groups in total. The van der Waals surface area contributed by atoms with Crippen LogP contribution < -0.4 is 0 Å². The molecular formula is C9H9NO2. The van der Waals surface area contributed by atoms with Crippen molar-refractivity contribution in [2.24, 2.45) is 0 Å². The minimum absolute atomic E-state index is 0.803. The van der Waals surface area contributed by atoms with E-state index in [4.69, 9.17) is 5.11 Å². The molecular weight excluding hydrogens is 154 g/mol. The first-order valence-corrected chi connectivity index (χ1v) is 3.51. The number of aromatic nitrogens is 1. The van der Waals surface area contributed by atoms with Gasteiger partial charge in [-0.1, -0.05) is 0 Å². The molecule has 0 saturated carbocycles. The van der Waals surface area contributed by atoms with Crippen LogP contribution in [0, 0.1) is 6.92 Å². The van der Waals surface area contributed by atoms with Crippen molar-refractivity contribution in [1.29, 1.82) is 0 Å². The fourth-order valence-corrected chi connectivity index (χ4v) is 0.837. The number of carbonyl (C=O) groups is 1. The van der Waals surface area contributed by atoms with Crippen LogP contribution in [0.4, 0.5) is 0 Å². The van der Waals surface area contributed by atoms with Gasteiger partial charge < -0.3 is 5.11 Å². The Balaban J connectivity index is 2.83. The summed E-state index contributed by atoms with van der Waals surface area (Å²) >= 11 is 0. The van der Waals surface area contributed by atoms with Crippen molar-refractivity contribution >= 4 is 12.0 Å². The molecule has 12 heavy (non-hydrogen) atoms. The molecule has 0 fully saturated rings. The van der Waals surface area contributed by atoms with Gasteiger partial charge in [-0.3, -0.25) is 4.98 Å². The average Bonchev–Trinajstić information content (AvgIpc) is 2.01. The fraction of sp³-hybridized carbons (Fsp3) is 0.111. The molecule has 0 aromatic carbocycles. The fourth-order valence-electron chi connectivity index (χ4n) is 0.837. The number of pyridine rings is 1. The molecule has 0 spiro atoms. The van der Waals surface area contributed by atoms with Gasteiger partial charge in [-0.05, 0) is 30.2 Å². The first kappa shape index (κ1) is 8.46. The van der Waals surface area contributed by atoms with Gasteiger partial charge in [0.15, 0.2) is 0 Å². The highest BCUT2D eigenvalue weighted by Crippen LogP contribution is 2.02. The lowest BCUT2D eigenvalue weighted by Gasteiger charge is -1.92. The summed E-state index contributed by atoms with van der Waals surface area (Å²) in [4.78, 5) is 14.1. The Morgan fingerprint density at radius 3 is 2.92 bits per heavy atom. The molecule has 0 bridgehead atoms. The molecule has 0 unspecified atom stereocenters. The first-order chi connectivity index (χ1) is 5.68. The standard InChI is InChI=1S/C9H9NO2/c1-7-4-8(6-10-5-7)2-3-9(11)12/h2-6H,1H3,(H,11,12). The highest BCUT2D eigenvalue weighted by atomic mass is 16.4. The summed E-state index contributed by atoms with van der Waals surface area (Å²) in [6.07, 6.45) is 5.95. The van der Waals surface area contributed by atoms with Gasteiger partial charge in [-0.15, -0.1) is 0 Å². The molecule has 0 aliphatic carbocycles. The SMILES string of the molecule is Cc1cncc(C=CC(=O)O)c1. The Labute approximate surface area is 70.4 Å². The summed E-state index contributed by atoms with van der Waals surface area (Å²) in [6.45, 7) is 1.91. The van der Waals surface area contributed by atoms with E-state index in [0.717, 1.165) is 17.2 Å². The summed E-state index contributed by atoms with van der Waals surface area (Å²) in [5.74, 6) is -0.948. The van der Waals surface area contributed by atoms with Crippen LogP contribution in [0.1, 0.15) is 11.1 Å². The van der Waals surface area contributed by atoms with E-state index >= 15 is 0 Å². The summed E-state index contributed by atoms with van der Waals surface area (Å²) in [7, 11) is 0. The maximum absolute atomic E-state index is 10.2. The summed E-state index contributed by atoms with van der Waals surface area (Å²) in [5, 5.41) is 8.34. The summed E-state index contributed by atoms with van der Waals surface area (Å²) < 4.78 is 0. The Bertz CT molecular complexity index is 318. The summed E-state index contributed by atoms with van der Waals surface area (Å²) in [5.41, 5.74) is 1.82. The summed E-state index contributed by atoms with van der Waals surface area (Å²) in [6, 6.07) is 1.87.